The summed E-state index contributed by atoms with van der Waals surface area (Å²) < 4.78 is 69.3. The molecule has 3 heterocycles. The van der Waals surface area contributed by atoms with Crippen LogP contribution in [0.2, 0.25) is 0 Å². The first kappa shape index (κ1) is 23.8. The molecule has 0 unspecified atom stereocenters. The molecule has 0 amide bonds. The fourth-order valence-electron chi connectivity index (χ4n) is 4.64. The van der Waals surface area contributed by atoms with Gasteiger partial charge in [-0.2, -0.15) is 8.42 Å². The molecule has 6 rings (SSSR count). The molecule has 3 aliphatic rings. The number of nitrogens with zero attached hydrogens (tertiary/aromatic N) is 1. The van der Waals surface area contributed by atoms with Crippen LogP contribution in [0.1, 0.15) is 36.9 Å². The maximum absolute atomic E-state index is 13.5. The van der Waals surface area contributed by atoms with E-state index in [9.17, 15) is 17.2 Å². The van der Waals surface area contributed by atoms with Crippen LogP contribution in [-0.2, 0) is 24.6 Å². The van der Waals surface area contributed by atoms with Crippen molar-refractivity contribution in [1.82, 2.24) is 4.98 Å². The number of pyridine rings is 1. The topological polar surface area (TPSA) is 74.7 Å². The van der Waals surface area contributed by atoms with E-state index in [0.717, 1.165) is 30.5 Å². The lowest BCUT2D eigenvalue weighted by molar-refractivity contribution is -0.198. The highest BCUT2D eigenvalue weighted by Crippen LogP contribution is 2.53. The van der Waals surface area contributed by atoms with E-state index in [-0.39, 0.29) is 28.5 Å². The van der Waals surface area contributed by atoms with Gasteiger partial charge in [0, 0.05) is 17.5 Å². The van der Waals surface area contributed by atoms with Crippen molar-refractivity contribution in [2.75, 3.05) is 13.2 Å². The van der Waals surface area contributed by atoms with Crippen LogP contribution in [0, 0.1) is 24.0 Å². The number of aromatic nitrogens is 1. The van der Waals surface area contributed by atoms with Crippen molar-refractivity contribution in [3.63, 3.8) is 0 Å². The third kappa shape index (κ3) is 4.80. The van der Waals surface area contributed by atoms with Gasteiger partial charge in [-0.15, -0.1) is 0 Å². The quantitative estimate of drug-likeness (QED) is 0.390. The van der Waals surface area contributed by atoms with Crippen molar-refractivity contribution >= 4 is 10.1 Å². The summed E-state index contributed by atoms with van der Waals surface area (Å²) in [6, 6.07) is 15.2. The van der Waals surface area contributed by atoms with Crippen LogP contribution < -0.4 is 4.74 Å². The Kier molecular flexibility index (Phi) is 6.11. The average Bonchev–Trinajstić information content (AvgIpc) is 2.87. The highest BCUT2D eigenvalue weighted by Gasteiger charge is 2.52. The van der Waals surface area contributed by atoms with Crippen molar-refractivity contribution in [2.45, 2.75) is 43.1 Å². The molecule has 1 saturated carbocycles. The molecule has 0 atom stereocenters. The molecule has 0 spiro atoms. The van der Waals surface area contributed by atoms with E-state index in [1.54, 1.807) is 36.4 Å². The van der Waals surface area contributed by atoms with Gasteiger partial charge < -0.3 is 9.47 Å². The smallest absolute Gasteiger partial charge is 0.296 e. The molecule has 1 aromatic heterocycles. The molecule has 184 valence electrons. The molecule has 3 aromatic rings. The highest BCUT2D eigenvalue weighted by atomic mass is 32.2. The Hall–Kier alpha value is -2.88. The number of rotatable bonds is 7. The third-order valence-electron chi connectivity index (χ3n) is 6.91. The van der Waals surface area contributed by atoms with Crippen molar-refractivity contribution in [3.8, 4) is 11.6 Å². The first-order chi connectivity index (χ1) is 16.7. The average molecular weight is 502 g/mol. The lowest BCUT2D eigenvalue weighted by Crippen LogP contribution is -2.51. The van der Waals surface area contributed by atoms with Crippen molar-refractivity contribution < 1.29 is 30.9 Å². The molecule has 0 N–H and O–H groups in total. The Morgan fingerprint density at radius 3 is 2.37 bits per heavy atom. The summed E-state index contributed by atoms with van der Waals surface area (Å²) in [6.07, 6.45) is 2.77. The van der Waals surface area contributed by atoms with Crippen LogP contribution in [-0.4, -0.2) is 26.6 Å². The van der Waals surface area contributed by atoms with Crippen LogP contribution in [0.4, 0.5) is 8.78 Å². The number of aryl methyl sites for hydroxylation is 1. The minimum Gasteiger partial charge on any atom is -0.439 e. The lowest BCUT2D eigenvalue weighted by Gasteiger charge is -2.52. The molecule has 35 heavy (non-hydrogen) atoms. The Bertz CT molecular complexity index is 1320. The molecular formula is C26H25F2NO5S. The van der Waals surface area contributed by atoms with Gasteiger partial charge in [-0.3, -0.25) is 4.18 Å². The summed E-state index contributed by atoms with van der Waals surface area (Å²) in [5, 5.41) is 0. The minimum atomic E-state index is -3.85. The van der Waals surface area contributed by atoms with Crippen LogP contribution in [0.15, 0.2) is 65.6 Å². The van der Waals surface area contributed by atoms with E-state index in [1.807, 2.05) is 13.0 Å². The Labute approximate surface area is 203 Å². The fraction of sp³-hybridized carbons (Fsp3) is 0.346. The monoisotopic (exact) mass is 501 g/mol. The van der Waals surface area contributed by atoms with Gasteiger partial charge >= 0.3 is 0 Å². The normalized spacial score (nSPS) is 23.9. The summed E-state index contributed by atoms with van der Waals surface area (Å²) in [4.78, 5) is 4.72. The van der Waals surface area contributed by atoms with Gasteiger partial charge in [0.2, 0.25) is 5.88 Å². The van der Waals surface area contributed by atoms with Crippen LogP contribution in [0.25, 0.3) is 0 Å². The van der Waals surface area contributed by atoms with Gasteiger partial charge in [0.05, 0.1) is 23.8 Å². The molecule has 2 aromatic carbocycles. The van der Waals surface area contributed by atoms with Crippen molar-refractivity contribution in [3.05, 3.63) is 83.6 Å². The van der Waals surface area contributed by atoms with Gasteiger partial charge in [0.1, 0.15) is 11.4 Å². The molecule has 2 saturated heterocycles. The SMILES string of the molecule is Cc1ccc(S(=O)(=O)OCC23CCC(c4cccc(Oc5ccc(F)c(F)c5)n4)(CC2)OC3)cc1. The lowest BCUT2D eigenvalue weighted by atomic mass is 9.65. The van der Waals surface area contributed by atoms with Gasteiger partial charge in [-0.1, -0.05) is 23.8 Å². The minimum absolute atomic E-state index is 0.0615. The third-order valence-corrected chi connectivity index (χ3v) is 8.18. The maximum atomic E-state index is 13.5. The predicted octanol–water partition coefficient (Wildman–Crippen LogP) is 5.65. The summed E-state index contributed by atoms with van der Waals surface area (Å²) in [7, 11) is -3.85. The predicted molar refractivity (Wildman–Crippen MR) is 124 cm³/mol. The number of halogens is 2. The first-order valence-electron chi connectivity index (χ1n) is 11.4. The second-order valence-corrected chi connectivity index (χ2v) is 11.0. The van der Waals surface area contributed by atoms with Crippen molar-refractivity contribution in [2.24, 2.45) is 5.41 Å². The molecule has 6 nitrogen and oxygen atoms in total. The van der Waals surface area contributed by atoms with E-state index >= 15 is 0 Å². The van der Waals surface area contributed by atoms with E-state index < -0.39 is 27.4 Å². The Morgan fingerprint density at radius 2 is 1.71 bits per heavy atom. The number of fused-ring (bicyclic) bond motifs is 3. The van der Waals surface area contributed by atoms with E-state index in [0.29, 0.717) is 25.1 Å². The zero-order valence-corrected chi connectivity index (χ0v) is 20.0. The summed E-state index contributed by atoms with van der Waals surface area (Å²) in [5.41, 5.74) is 0.684. The second-order valence-electron chi connectivity index (χ2n) is 9.35. The standard InChI is InChI=1S/C26H25F2NO5S/c1-18-5-8-20(9-6-18)35(30,31)33-17-25-11-13-26(14-12-25,32-16-25)23-3-2-4-24(29-23)34-19-7-10-21(27)22(28)15-19/h2-10,15H,11-14,16-17H2,1H3. The van der Waals surface area contributed by atoms with E-state index in [2.05, 4.69) is 4.98 Å². The van der Waals surface area contributed by atoms with Crippen LogP contribution in [0.3, 0.4) is 0 Å². The van der Waals surface area contributed by atoms with Gasteiger partial charge in [0.15, 0.2) is 11.6 Å². The zero-order chi connectivity index (χ0) is 24.7. The van der Waals surface area contributed by atoms with E-state index in [4.69, 9.17) is 13.7 Å². The fourth-order valence-corrected chi connectivity index (χ4v) is 5.65. The molecule has 2 aliphatic heterocycles. The van der Waals surface area contributed by atoms with Gasteiger partial charge in [-0.05, 0) is 62.9 Å². The summed E-state index contributed by atoms with van der Waals surface area (Å²) in [5.74, 6) is -1.55. The van der Waals surface area contributed by atoms with Gasteiger partial charge in [0.25, 0.3) is 10.1 Å². The largest absolute Gasteiger partial charge is 0.439 e. The number of ether oxygens (including phenoxy) is 2. The van der Waals surface area contributed by atoms with Crippen LogP contribution >= 0.6 is 0 Å². The summed E-state index contributed by atoms with van der Waals surface area (Å²) >= 11 is 0. The number of hydrogen-bond acceptors (Lipinski definition) is 6. The zero-order valence-electron chi connectivity index (χ0n) is 19.2. The number of benzene rings is 2. The van der Waals surface area contributed by atoms with Gasteiger partial charge in [-0.25, -0.2) is 13.8 Å². The summed E-state index contributed by atoms with van der Waals surface area (Å²) in [6.45, 7) is 2.31. The van der Waals surface area contributed by atoms with Crippen LogP contribution in [0.5, 0.6) is 11.6 Å². The molecule has 2 bridgehead atoms. The highest BCUT2D eigenvalue weighted by molar-refractivity contribution is 7.86. The molecule has 9 heteroatoms. The molecular weight excluding hydrogens is 476 g/mol. The second kappa shape index (κ2) is 8.96. The Morgan fingerprint density at radius 1 is 0.971 bits per heavy atom. The Balaban J connectivity index is 1.26. The van der Waals surface area contributed by atoms with E-state index in [1.165, 1.54) is 6.07 Å². The molecule has 1 aliphatic carbocycles. The first-order valence-corrected chi connectivity index (χ1v) is 12.8. The number of hydrogen-bond donors (Lipinski definition) is 0. The van der Waals surface area contributed by atoms with Crippen molar-refractivity contribution in [1.29, 1.82) is 0 Å². The molecule has 3 fully saturated rings. The maximum Gasteiger partial charge on any atom is 0.296 e. The molecule has 0 radical (unpaired) electrons.